The van der Waals surface area contributed by atoms with Crippen LogP contribution in [0.2, 0.25) is 5.15 Å². The molecule has 4 heterocycles. The fourth-order valence-corrected chi connectivity index (χ4v) is 6.39. The summed E-state index contributed by atoms with van der Waals surface area (Å²) in [4.78, 5) is 32.0. The van der Waals surface area contributed by atoms with Crippen molar-refractivity contribution in [2.45, 2.75) is 25.6 Å². The Balaban J connectivity index is 1.58. The summed E-state index contributed by atoms with van der Waals surface area (Å²) < 4.78 is 15.0. The molecular formula is C26H21ClN4O4S. The van der Waals surface area contributed by atoms with Crippen LogP contribution in [-0.2, 0) is 9.53 Å². The number of carbonyl (C=O) groups excluding carboxylic acids is 1. The van der Waals surface area contributed by atoms with Crippen LogP contribution in [0.4, 0.5) is 0 Å². The number of benzene rings is 2. The molecule has 0 fully saturated rings. The molecule has 0 N–H and O–H groups in total. The molecule has 10 heteroatoms. The second kappa shape index (κ2) is 8.18. The number of esters is 1. The third kappa shape index (κ3) is 3.26. The topological polar surface area (TPSA) is 87.7 Å². The second-order valence-corrected chi connectivity index (χ2v) is 10.2. The van der Waals surface area contributed by atoms with Gasteiger partial charge < -0.3 is 9.47 Å². The second-order valence-electron chi connectivity index (χ2n) is 8.86. The van der Waals surface area contributed by atoms with Crippen LogP contribution < -0.4 is 19.6 Å². The van der Waals surface area contributed by atoms with E-state index in [1.54, 1.807) is 22.2 Å². The average molecular weight is 521 g/mol. The van der Waals surface area contributed by atoms with E-state index in [1.807, 2.05) is 61.5 Å². The molecule has 3 atom stereocenters. The third-order valence-corrected chi connectivity index (χ3v) is 8.01. The number of nitrogens with zero attached hydrogens (tertiary/aromatic N) is 4. The first-order chi connectivity index (χ1) is 17.3. The van der Waals surface area contributed by atoms with Gasteiger partial charge in [0.1, 0.15) is 16.8 Å². The predicted molar refractivity (Wildman–Crippen MR) is 135 cm³/mol. The lowest BCUT2D eigenvalue weighted by Crippen LogP contribution is -2.58. The first kappa shape index (κ1) is 22.8. The van der Waals surface area contributed by atoms with Crippen molar-refractivity contribution in [2.75, 3.05) is 7.11 Å². The van der Waals surface area contributed by atoms with Crippen molar-refractivity contribution in [2.24, 2.45) is 10.9 Å². The number of halogens is 1. The molecule has 0 amide bonds. The lowest BCUT2D eigenvalue weighted by atomic mass is 9.81. The number of fused-ring (bicyclic) bond motifs is 6. The van der Waals surface area contributed by atoms with Gasteiger partial charge in [0.25, 0.3) is 5.56 Å². The number of aromatic nitrogens is 3. The highest BCUT2D eigenvalue weighted by molar-refractivity contribution is 7.07. The highest BCUT2D eigenvalue weighted by atomic mass is 35.5. The molecule has 2 aromatic carbocycles. The van der Waals surface area contributed by atoms with E-state index in [4.69, 9.17) is 26.1 Å². The van der Waals surface area contributed by atoms with E-state index >= 15 is 0 Å². The molecular weight excluding hydrogens is 500 g/mol. The van der Waals surface area contributed by atoms with Crippen LogP contribution in [0, 0.1) is 12.8 Å². The lowest BCUT2D eigenvalue weighted by molar-refractivity contribution is -0.158. The number of hydrogen-bond acceptors (Lipinski definition) is 7. The Morgan fingerprint density at radius 3 is 2.67 bits per heavy atom. The van der Waals surface area contributed by atoms with Crippen molar-refractivity contribution in [3.05, 3.63) is 96.3 Å². The van der Waals surface area contributed by atoms with Crippen molar-refractivity contribution >= 4 is 35.0 Å². The highest BCUT2D eigenvalue weighted by Gasteiger charge is 2.55. The van der Waals surface area contributed by atoms with E-state index in [9.17, 15) is 9.59 Å². The number of thiazole rings is 1. The summed E-state index contributed by atoms with van der Waals surface area (Å²) in [6, 6.07) is 16.3. The van der Waals surface area contributed by atoms with Crippen LogP contribution in [0.5, 0.6) is 5.75 Å². The van der Waals surface area contributed by atoms with Gasteiger partial charge in [0, 0.05) is 11.1 Å². The van der Waals surface area contributed by atoms with Gasteiger partial charge in [-0.25, -0.2) is 9.67 Å². The Morgan fingerprint density at radius 1 is 1.19 bits per heavy atom. The Hall–Kier alpha value is -3.69. The number of carbonyl (C=O) groups is 1. The van der Waals surface area contributed by atoms with Gasteiger partial charge >= 0.3 is 5.97 Å². The normalized spacial score (nSPS) is 22.3. The minimum absolute atomic E-state index is 0.265. The van der Waals surface area contributed by atoms with E-state index in [-0.39, 0.29) is 5.56 Å². The minimum Gasteiger partial charge on any atom is -0.469 e. The van der Waals surface area contributed by atoms with Crippen LogP contribution >= 0.6 is 22.9 Å². The van der Waals surface area contributed by atoms with Gasteiger partial charge in [0.15, 0.2) is 4.80 Å². The van der Waals surface area contributed by atoms with E-state index < -0.39 is 23.7 Å². The Kier molecular flexibility index (Phi) is 5.17. The van der Waals surface area contributed by atoms with Crippen LogP contribution in [0.15, 0.2) is 64.4 Å². The lowest BCUT2D eigenvalue weighted by Gasteiger charge is -2.44. The number of aryl methyl sites for hydroxylation is 1. The molecule has 8 nitrogen and oxygen atoms in total. The van der Waals surface area contributed by atoms with Crippen LogP contribution in [0.1, 0.15) is 29.8 Å². The van der Waals surface area contributed by atoms with E-state index in [2.05, 4.69) is 5.10 Å². The quantitative estimate of drug-likeness (QED) is 0.388. The Morgan fingerprint density at radius 2 is 1.92 bits per heavy atom. The van der Waals surface area contributed by atoms with Crippen molar-refractivity contribution < 1.29 is 14.3 Å². The molecule has 2 aromatic heterocycles. The fraction of sp³-hybridized carbons (Fsp3) is 0.231. The van der Waals surface area contributed by atoms with Gasteiger partial charge in [-0.05, 0) is 38.1 Å². The SMILES string of the molecule is COC(=O)[C@@H]1[C@@H]2c3ccccc3O[C@@]1(C)N=c1s/c(=C\c3c(C)nn(-c4ccccc4)c3Cl)c(=O)n12. The minimum atomic E-state index is -1.22. The van der Waals surface area contributed by atoms with E-state index in [1.165, 1.54) is 18.4 Å². The van der Waals surface area contributed by atoms with E-state index in [0.29, 0.717) is 31.5 Å². The zero-order valence-corrected chi connectivity index (χ0v) is 21.2. The number of hydrogen-bond donors (Lipinski definition) is 0. The summed E-state index contributed by atoms with van der Waals surface area (Å²) in [5.74, 6) is -0.722. The standard InChI is InChI=1S/C26H21ClN4O4S/c1-14-17(22(27)31(29-14)15-9-5-4-6-10-15)13-19-23(32)30-21-16-11-7-8-12-18(16)35-26(2,28-25(30)36-19)20(21)24(33)34-3/h4-13,20-21H,1-3H3/b19-13-/t20-,21-,26+/m0/s1. The molecule has 2 aliphatic rings. The summed E-state index contributed by atoms with van der Waals surface area (Å²) in [6.07, 6.45) is 1.74. The van der Waals surface area contributed by atoms with Gasteiger partial charge in [-0.3, -0.25) is 14.2 Å². The number of methoxy groups -OCH3 is 1. The molecule has 0 saturated carbocycles. The molecule has 0 spiro atoms. The smallest absolute Gasteiger partial charge is 0.317 e. The van der Waals surface area contributed by atoms with Crippen LogP contribution in [0.3, 0.4) is 0 Å². The fourth-order valence-electron chi connectivity index (χ4n) is 4.98. The summed E-state index contributed by atoms with van der Waals surface area (Å²) >= 11 is 7.95. The number of para-hydroxylation sites is 2. The third-order valence-electron chi connectivity index (χ3n) is 6.66. The summed E-state index contributed by atoms with van der Waals surface area (Å²) in [5.41, 5.74) is 1.40. The van der Waals surface area contributed by atoms with Crippen molar-refractivity contribution in [3.63, 3.8) is 0 Å². The summed E-state index contributed by atoms with van der Waals surface area (Å²) in [7, 11) is 1.33. The van der Waals surface area contributed by atoms with Crippen molar-refractivity contribution in [1.82, 2.24) is 14.3 Å². The molecule has 4 aromatic rings. The highest BCUT2D eigenvalue weighted by Crippen LogP contribution is 2.47. The number of ether oxygens (including phenoxy) is 2. The monoisotopic (exact) mass is 520 g/mol. The first-order valence-corrected chi connectivity index (χ1v) is 12.5. The van der Waals surface area contributed by atoms with Crippen molar-refractivity contribution in [3.8, 4) is 11.4 Å². The molecule has 0 radical (unpaired) electrons. The van der Waals surface area contributed by atoms with Gasteiger partial charge in [-0.1, -0.05) is 59.3 Å². The van der Waals surface area contributed by atoms with Crippen LogP contribution in [-0.4, -0.2) is 33.2 Å². The molecule has 182 valence electrons. The number of rotatable bonds is 3. The summed E-state index contributed by atoms with van der Waals surface area (Å²) in [5, 5.41) is 4.97. The van der Waals surface area contributed by atoms with Gasteiger partial charge in [-0.2, -0.15) is 5.10 Å². The summed E-state index contributed by atoms with van der Waals surface area (Å²) in [6.45, 7) is 3.59. The molecule has 0 saturated heterocycles. The zero-order valence-electron chi connectivity index (χ0n) is 19.6. The molecule has 2 bridgehead atoms. The van der Waals surface area contributed by atoms with Crippen LogP contribution in [0.25, 0.3) is 11.8 Å². The maximum Gasteiger partial charge on any atom is 0.317 e. The molecule has 0 unspecified atom stereocenters. The first-order valence-electron chi connectivity index (χ1n) is 11.3. The molecule has 6 rings (SSSR count). The zero-order chi connectivity index (χ0) is 25.2. The molecule has 2 aliphatic heterocycles. The Labute approximate surface area is 214 Å². The maximum atomic E-state index is 13.8. The van der Waals surface area contributed by atoms with Gasteiger partial charge in [-0.15, -0.1) is 0 Å². The molecule has 36 heavy (non-hydrogen) atoms. The van der Waals surface area contributed by atoms with Gasteiger partial charge in [0.05, 0.1) is 29.1 Å². The molecule has 0 aliphatic carbocycles. The largest absolute Gasteiger partial charge is 0.469 e. The van der Waals surface area contributed by atoms with Gasteiger partial charge in [0.2, 0.25) is 5.72 Å². The average Bonchev–Trinajstić information content (AvgIpc) is 3.33. The maximum absolute atomic E-state index is 13.8. The Bertz CT molecular complexity index is 1710. The van der Waals surface area contributed by atoms with E-state index in [0.717, 1.165) is 11.3 Å². The van der Waals surface area contributed by atoms with Crippen molar-refractivity contribution in [1.29, 1.82) is 0 Å². The predicted octanol–water partition coefficient (Wildman–Crippen LogP) is 3.01.